The summed E-state index contributed by atoms with van der Waals surface area (Å²) in [6.45, 7) is 0. The van der Waals surface area contributed by atoms with Gasteiger partial charge < -0.3 is 0 Å². The predicted molar refractivity (Wildman–Crippen MR) is 88.7 cm³/mol. The van der Waals surface area contributed by atoms with Gasteiger partial charge >= 0.3 is 0 Å². The maximum atomic E-state index is 8.83. The van der Waals surface area contributed by atoms with Crippen LogP contribution in [0, 0.1) is 57.2 Å². The molecule has 0 bridgehead atoms. The largest absolute Gasteiger partial charge is 0.197 e. The first kappa shape index (κ1) is 16.8. The molecule has 0 aromatic heterocycles. The van der Waals surface area contributed by atoms with E-state index in [4.69, 9.17) is 21.0 Å². The van der Waals surface area contributed by atoms with Crippen molar-refractivity contribution in [1.29, 1.82) is 21.0 Å². The summed E-state index contributed by atoms with van der Waals surface area (Å²) in [5, 5.41) is 35.3. The lowest BCUT2D eigenvalue weighted by Crippen LogP contribution is -1.98. The van der Waals surface area contributed by atoms with E-state index < -0.39 is 11.8 Å². The molecule has 0 saturated carbocycles. The summed E-state index contributed by atoms with van der Waals surface area (Å²) >= 11 is 0. The number of nitrogens with zero attached hydrogens (tertiary/aromatic N) is 4. The lowest BCUT2D eigenvalue weighted by Gasteiger charge is -2.06. The van der Waals surface area contributed by atoms with E-state index in [9.17, 15) is 0 Å². The van der Waals surface area contributed by atoms with Crippen LogP contribution in [0.15, 0.2) is 48.5 Å². The molecule has 0 aliphatic rings. The molecule has 0 saturated heterocycles. The third-order valence-corrected chi connectivity index (χ3v) is 3.74. The van der Waals surface area contributed by atoms with Crippen LogP contribution in [0.4, 0.5) is 0 Å². The summed E-state index contributed by atoms with van der Waals surface area (Å²) in [5.74, 6) is -1.24. The molecule has 4 nitrogen and oxygen atoms in total. The Morgan fingerprint density at radius 1 is 0.542 bits per heavy atom. The first-order valence-corrected chi connectivity index (χ1v) is 7.47. The zero-order valence-corrected chi connectivity index (χ0v) is 13.0. The van der Waals surface area contributed by atoms with Crippen LogP contribution in [0.25, 0.3) is 11.1 Å². The van der Waals surface area contributed by atoms with Gasteiger partial charge in [0.1, 0.15) is 11.8 Å². The smallest absolute Gasteiger partial charge is 0.137 e. The fourth-order valence-corrected chi connectivity index (χ4v) is 2.38. The SMILES string of the molecule is N#CC(C#N)Cc1ccc(-c2ccc(CC(C#N)C#N)cc2)cc1. The van der Waals surface area contributed by atoms with Crippen LogP contribution in [0.1, 0.15) is 11.1 Å². The maximum absolute atomic E-state index is 8.83. The molecule has 2 aromatic carbocycles. The highest BCUT2D eigenvalue weighted by atomic mass is 14.3. The molecule has 24 heavy (non-hydrogen) atoms. The van der Waals surface area contributed by atoms with Gasteiger partial charge in [-0.2, -0.15) is 21.0 Å². The third kappa shape index (κ3) is 4.20. The van der Waals surface area contributed by atoms with Crippen molar-refractivity contribution in [3.05, 3.63) is 59.7 Å². The molecular formula is C20H14N4. The first-order chi connectivity index (χ1) is 11.7. The topological polar surface area (TPSA) is 95.2 Å². The van der Waals surface area contributed by atoms with Gasteiger partial charge in [-0.25, -0.2) is 0 Å². The van der Waals surface area contributed by atoms with E-state index in [1.165, 1.54) is 0 Å². The van der Waals surface area contributed by atoms with Gasteiger partial charge in [0.2, 0.25) is 0 Å². The van der Waals surface area contributed by atoms with Crippen molar-refractivity contribution < 1.29 is 0 Å². The number of nitriles is 4. The average Bonchev–Trinajstić information content (AvgIpc) is 2.65. The van der Waals surface area contributed by atoms with Crippen LogP contribution in [0.2, 0.25) is 0 Å². The van der Waals surface area contributed by atoms with Crippen molar-refractivity contribution in [3.8, 4) is 35.4 Å². The summed E-state index contributed by atoms with van der Waals surface area (Å²) in [4.78, 5) is 0. The van der Waals surface area contributed by atoms with Crippen molar-refractivity contribution in [3.63, 3.8) is 0 Å². The Labute approximate surface area is 141 Å². The Morgan fingerprint density at radius 3 is 1.08 bits per heavy atom. The molecule has 0 aliphatic carbocycles. The minimum absolute atomic E-state index is 0.427. The highest BCUT2D eigenvalue weighted by Gasteiger charge is 2.08. The molecule has 0 radical (unpaired) electrons. The molecule has 0 spiro atoms. The van der Waals surface area contributed by atoms with Gasteiger partial charge in [-0.05, 0) is 22.3 Å². The Morgan fingerprint density at radius 2 is 0.833 bits per heavy atom. The lowest BCUT2D eigenvalue weighted by atomic mass is 9.96. The molecule has 2 aromatic rings. The highest BCUT2D eigenvalue weighted by molar-refractivity contribution is 5.64. The fourth-order valence-electron chi connectivity index (χ4n) is 2.38. The molecule has 0 amide bonds. The molecule has 0 fully saturated rings. The molecule has 0 atom stereocenters. The monoisotopic (exact) mass is 310 g/mol. The molecular weight excluding hydrogens is 296 g/mol. The van der Waals surface area contributed by atoms with Crippen molar-refractivity contribution in [2.75, 3.05) is 0 Å². The van der Waals surface area contributed by atoms with Crippen molar-refractivity contribution >= 4 is 0 Å². The van der Waals surface area contributed by atoms with Gasteiger partial charge in [-0.3, -0.25) is 0 Å². The second kappa shape index (κ2) is 8.14. The molecule has 0 aliphatic heterocycles. The van der Waals surface area contributed by atoms with Gasteiger partial charge in [0, 0.05) is 12.8 Å². The first-order valence-electron chi connectivity index (χ1n) is 7.47. The molecule has 2 rings (SSSR count). The zero-order valence-electron chi connectivity index (χ0n) is 13.0. The standard InChI is InChI=1S/C20H14N4/c21-11-17(12-22)9-15-1-5-19(6-2-15)20-7-3-16(4-8-20)10-18(13-23)14-24/h1-8,17-18H,9-10H2. The second-order valence-corrected chi connectivity index (χ2v) is 5.42. The number of hydrogen-bond donors (Lipinski definition) is 0. The normalized spacial score (nSPS) is 9.75. The minimum Gasteiger partial charge on any atom is -0.197 e. The van der Waals surface area contributed by atoms with Crippen molar-refractivity contribution in [2.24, 2.45) is 11.8 Å². The van der Waals surface area contributed by atoms with E-state index in [1.807, 2.05) is 72.8 Å². The predicted octanol–water partition coefficient (Wildman–Crippen LogP) is 3.77. The number of hydrogen-bond acceptors (Lipinski definition) is 4. The van der Waals surface area contributed by atoms with E-state index in [0.717, 1.165) is 22.3 Å². The van der Waals surface area contributed by atoms with E-state index in [-0.39, 0.29) is 0 Å². The van der Waals surface area contributed by atoms with Crippen molar-refractivity contribution in [2.45, 2.75) is 12.8 Å². The quantitative estimate of drug-likeness (QED) is 0.839. The third-order valence-electron chi connectivity index (χ3n) is 3.74. The molecule has 114 valence electrons. The van der Waals surface area contributed by atoms with E-state index in [0.29, 0.717) is 12.8 Å². The molecule has 0 unspecified atom stereocenters. The van der Waals surface area contributed by atoms with Gasteiger partial charge in [-0.15, -0.1) is 0 Å². The highest BCUT2D eigenvalue weighted by Crippen LogP contribution is 2.22. The second-order valence-electron chi connectivity index (χ2n) is 5.42. The molecule has 0 N–H and O–H groups in total. The summed E-state index contributed by atoms with van der Waals surface area (Å²) in [7, 11) is 0. The van der Waals surface area contributed by atoms with Crippen LogP contribution >= 0.6 is 0 Å². The van der Waals surface area contributed by atoms with Crippen LogP contribution in [0.3, 0.4) is 0 Å². The molecule has 0 heterocycles. The van der Waals surface area contributed by atoms with Crippen LogP contribution in [-0.2, 0) is 12.8 Å². The summed E-state index contributed by atoms with van der Waals surface area (Å²) < 4.78 is 0. The maximum Gasteiger partial charge on any atom is 0.137 e. The summed E-state index contributed by atoms with van der Waals surface area (Å²) in [6, 6.07) is 23.4. The fraction of sp³-hybridized carbons (Fsp3) is 0.200. The zero-order chi connectivity index (χ0) is 17.4. The minimum atomic E-state index is -0.622. The Hall–Kier alpha value is -3.60. The van der Waals surface area contributed by atoms with E-state index >= 15 is 0 Å². The Kier molecular flexibility index (Phi) is 5.69. The summed E-state index contributed by atoms with van der Waals surface area (Å²) in [6.07, 6.45) is 0.853. The van der Waals surface area contributed by atoms with Gasteiger partial charge in [0.25, 0.3) is 0 Å². The van der Waals surface area contributed by atoms with Crippen molar-refractivity contribution in [1.82, 2.24) is 0 Å². The van der Waals surface area contributed by atoms with E-state index in [2.05, 4.69) is 0 Å². The van der Waals surface area contributed by atoms with Crippen LogP contribution in [-0.4, -0.2) is 0 Å². The Balaban J connectivity index is 2.10. The van der Waals surface area contributed by atoms with E-state index in [1.54, 1.807) is 0 Å². The van der Waals surface area contributed by atoms with Gasteiger partial charge in [0.05, 0.1) is 24.3 Å². The van der Waals surface area contributed by atoms with Gasteiger partial charge in [-0.1, -0.05) is 48.5 Å². The molecule has 4 heteroatoms. The average molecular weight is 310 g/mol. The lowest BCUT2D eigenvalue weighted by molar-refractivity contribution is 0.833. The van der Waals surface area contributed by atoms with Gasteiger partial charge in [0.15, 0.2) is 0 Å². The Bertz CT molecular complexity index is 749. The summed E-state index contributed by atoms with van der Waals surface area (Å²) in [5.41, 5.74) is 3.98. The van der Waals surface area contributed by atoms with Crippen LogP contribution in [0.5, 0.6) is 0 Å². The van der Waals surface area contributed by atoms with Crippen LogP contribution < -0.4 is 0 Å². The number of rotatable bonds is 5. The number of benzene rings is 2.